The van der Waals surface area contributed by atoms with Gasteiger partial charge in [-0.2, -0.15) is 0 Å². The Bertz CT molecular complexity index is 339. The van der Waals surface area contributed by atoms with Crippen molar-refractivity contribution in [1.29, 1.82) is 0 Å². The highest BCUT2D eigenvalue weighted by Crippen LogP contribution is 2.20. The van der Waals surface area contributed by atoms with Gasteiger partial charge < -0.3 is 5.73 Å². The molecule has 1 aromatic carbocycles. The molecule has 0 saturated heterocycles. The molecule has 0 heterocycles. The lowest BCUT2D eigenvalue weighted by Gasteiger charge is -2.13. The van der Waals surface area contributed by atoms with Gasteiger partial charge in [-0.1, -0.05) is 23.8 Å². The maximum Gasteiger partial charge on any atom is 0.0332 e. The van der Waals surface area contributed by atoms with E-state index in [-0.39, 0.29) is 6.04 Å². The first-order valence-corrected chi connectivity index (χ1v) is 4.98. The summed E-state index contributed by atoms with van der Waals surface area (Å²) in [4.78, 5) is 0. The summed E-state index contributed by atoms with van der Waals surface area (Å²) in [7, 11) is 0. The number of hydrogen-bond acceptors (Lipinski definition) is 1. The van der Waals surface area contributed by atoms with Gasteiger partial charge in [-0.25, -0.2) is 0 Å². The zero-order valence-electron chi connectivity index (χ0n) is 9.30. The number of nitrogens with two attached hydrogens (primary N) is 1. The molecule has 0 spiro atoms. The van der Waals surface area contributed by atoms with Crippen LogP contribution in [-0.2, 0) is 0 Å². The van der Waals surface area contributed by atoms with Gasteiger partial charge in [-0.05, 0) is 43.9 Å². The van der Waals surface area contributed by atoms with E-state index in [1.54, 1.807) is 0 Å². The molecule has 0 saturated carbocycles. The van der Waals surface area contributed by atoms with Crippen LogP contribution in [0.4, 0.5) is 0 Å². The van der Waals surface area contributed by atoms with Gasteiger partial charge in [-0.3, -0.25) is 0 Å². The van der Waals surface area contributed by atoms with Crippen LogP contribution >= 0.6 is 0 Å². The fraction of sp³-hybridized carbons (Fsp3) is 0.385. The van der Waals surface area contributed by atoms with Gasteiger partial charge >= 0.3 is 0 Å². The van der Waals surface area contributed by atoms with Crippen molar-refractivity contribution in [2.24, 2.45) is 5.73 Å². The van der Waals surface area contributed by atoms with Crippen LogP contribution in [0.5, 0.6) is 0 Å². The van der Waals surface area contributed by atoms with Crippen LogP contribution in [0.2, 0.25) is 0 Å². The average molecular weight is 189 g/mol. The Hall–Kier alpha value is -1.08. The lowest BCUT2D eigenvalue weighted by Crippen LogP contribution is -2.10. The first kappa shape index (κ1) is 11.0. The lowest BCUT2D eigenvalue weighted by atomic mass is 9.98. The molecule has 1 atom stereocenters. The van der Waals surface area contributed by atoms with Crippen molar-refractivity contribution in [3.05, 3.63) is 47.0 Å². The summed E-state index contributed by atoms with van der Waals surface area (Å²) in [6.45, 7) is 10.1. The van der Waals surface area contributed by atoms with E-state index in [4.69, 9.17) is 5.73 Å². The molecular weight excluding hydrogens is 170 g/mol. The summed E-state index contributed by atoms with van der Waals surface area (Å²) in [6, 6.07) is 6.49. The smallest absolute Gasteiger partial charge is 0.0332 e. The van der Waals surface area contributed by atoms with Crippen molar-refractivity contribution in [3.8, 4) is 0 Å². The minimum atomic E-state index is 0.0896. The molecule has 0 amide bonds. The normalized spacial score (nSPS) is 12.6. The van der Waals surface area contributed by atoms with Crippen LogP contribution in [0.15, 0.2) is 30.4 Å². The largest absolute Gasteiger partial charge is 0.324 e. The molecule has 0 aliphatic carbocycles. The third kappa shape index (κ3) is 2.71. The summed E-state index contributed by atoms with van der Waals surface area (Å²) in [5, 5.41) is 0. The fourth-order valence-corrected chi connectivity index (χ4v) is 1.49. The predicted molar refractivity (Wildman–Crippen MR) is 62.3 cm³/mol. The SMILES string of the molecule is C=C(C)C[C@H](N)c1ccc(C)c(C)c1. The highest BCUT2D eigenvalue weighted by atomic mass is 14.6. The molecular formula is C13H19N. The number of hydrogen-bond donors (Lipinski definition) is 1. The third-order valence-corrected chi connectivity index (χ3v) is 2.53. The molecule has 1 nitrogen and oxygen atoms in total. The average Bonchev–Trinajstić information content (AvgIpc) is 2.08. The topological polar surface area (TPSA) is 26.0 Å². The minimum Gasteiger partial charge on any atom is -0.324 e. The van der Waals surface area contributed by atoms with E-state index >= 15 is 0 Å². The van der Waals surface area contributed by atoms with Crippen molar-refractivity contribution in [2.45, 2.75) is 33.2 Å². The van der Waals surface area contributed by atoms with Crippen LogP contribution in [-0.4, -0.2) is 0 Å². The molecule has 0 aromatic heterocycles. The second-order valence-corrected chi connectivity index (χ2v) is 4.11. The Balaban J connectivity index is 2.85. The maximum absolute atomic E-state index is 6.05. The zero-order valence-corrected chi connectivity index (χ0v) is 9.30. The number of aryl methyl sites for hydroxylation is 2. The van der Waals surface area contributed by atoms with Gasteiger partial charge in [0.2, 0.25) is 0 Å². The van der Waals surface area contributed by atoms with Crippen LogP contribution in [0.3, 0.4) is 0 Å². The van der Waals surface area contributed by atoms with E-state index in [1.807, 2.05) is 6.92 Å². The monoisotopic (exact) mass is 189 g/mol. The molecule has 1 rings (SSSR count). The van der Waals surface area contributed by atoms with E-state index in [9.17, 15) is 0 Å². The van der Waals surface area contributed by atoms with Crippen molar-refractivity contribution in [1.82, 2.24) is 0 Å². The quantitative estimate of drug-likeness (QED) is 0.726. The number of rotatable bonds is 3. The minimum absolute atomic E-state index is 0.0896. The summed E-state index contributed by atoms with van der Waals surface area (Å²) in [6.07, 6.45) is 0.864. The Morgan fingerprint density at radius 3 is 2.50 bits per heavy atom. The molecule has 14 heavy (non-hydrogen) atoms. The van der Waals surface area contributed by atoms with E-state index in [0.717, 1.165) is 12.0 Å². The zero-order chi connectivity index (χ0) is 10.7. The van der Waals surface area contributed by atoms with E-state index in [1.165, 1.54) is 16.7 Å². The van der Waals surface area contributed by atoms with Crippen molar-refractivity contribution < 1.29 is 0 Å². The van der Waals surface area contributed by atoms with Crippen LogP contribution in [0.1, 0.15) is 36.1 Å². The fourth-order valence-electron chi connectivity index (χ4n) is 1.49. The van der Waals surface area contributed by atoms with Gasteiger partial charge in [-0.15, -0.1) is 6.58 Å². The summed E-state index contributed by atoms with van der Waals surface area (Å²) < 4.78 is 0. The van der Waals surface area contributed by atoms with E-state index < -0.39 is 0 Å². The predicted octanol–water partition coefficient (Wildman–Crippen LogP) is 3.27. The summed E-state index contributed by atoms with van der Waals surface area (Å²) in [5.41, 5.74) is 11.0. The van der Waals surface area contributed by atoms with Crippen LogP contribution in [0, 0.1) is 13.8 Å². The molecule has 0 fully saturated rings. The van der Waals surface area contributed by atoms with Gasteiger partial charge in [0, 0.05) is 6.04 Å². The van der Waals surface area contributed by atoms with E-state index in [0.29, 0.717) is 0 Å². The molecule has 0 aliphatic heterocycles. The van der Waals surface area contributed by atoms with Gasteiger partial charge in [0.05, 0.1) is 0 Å². The van der Waals surface area contributed by atoms with Crippen LogP contribution in [0.25, 0.3) is 0 Å². The molecule has 2 N–H and O–H groups in total. The van der Waals surface area contributed by atoms with Gasteiger partial charge in [0.15, 0.2) is 0 Å². The second kappa shape index (κ2) is 4.43. The molecule has 0 bridgehead atoms. The maximum atomic E-state index is 6.05. The van der Waals surface area contributed by atoms with Gasteiger partial charge in [0.1, 0.15) is 0 Å². The van der Waals surface area contributed by atoms with Crippen molar-refractivity contribution >= 4 is 0 Å². The summed E-state index contributed by atoms with van der Waals surface area (Å²) >= 11 is 0. The molecule has 0 radical (unpaired) electrons. The molecule has 0 unspecified atom stereocenters. The Kier molecular flexibility index (Phi) is 3.48. The molecule has 0 aliphatic rings. The lowest BCUT2D eigenvalue weighted by molar-refractivity contribution is 0.716. The van der Waals surface area contributed by atoms with Gasteiger partial charge in [0.25, 0.3) is 0 Å². The Morgan fingerprint density at radius 2 is 2.00 bits per heavy atom. The molecule has 1 heteroatoms. The first-order valence-electron chi connectivity index (χ1n) is 4.98. The third-order valence-electron chi connectivity index (χ3n) is 2.53. The molecule has 1 aromatic rings. The summed E-state index contributed by atoms with van der Waals surface area (Å²) in [5.74, 6) is 0. The second-order valence-electron chi connectivity index (χ2n) is 4.11. The highest BCUT2D eigenvalue weighted by molar-refractivity contribution is 5.32. The molecule has 76 valence electrons. The van der Waals surface area contributed by atoms with Crippen molar-refractivity contribution in [2.75, 3.05) is 0 Å². The van der Waals surface area contributed by atoms with E-state index in [2.05, 4.69) is 38.6 Å². The highest BCUT2D eigenvalue weighted by Gasteiger charge is 2.06. The van der Waals surface area contributed by atoms with Crippen LogP contribution < -0.4 is 5.73 Å². The Labute approximate surface area is 86.6 Å². The Morgan fingerprint density at radius 1 is 1.36 bits per heavy atom. The first-order chi connectivity index (χ1) is 6.50. The van der Waals surface area contributed by atoms with Crippen molar-refractivity contribution in [3.63, 3.8) is 0 Å². The number of benzene rings is 1. The standard InChI is InChI=1S/C13H19N/c1-9(2)7-13(14)12-6-5-10(3)11(4)8-12/h5-6,8,13H,1,7,14H2,2-4H3/t13-/m0/s1.